The molecule has 0 radical (unpaired) electrons. The molecule has 3 rings (SSSR count). The Kier molecular flexibility index (Phi) is 6.63. The van der Waals surface area contributed by atoms with Crippen LogP contribution in [0.4, 0.5) is 11.5 Å². The lowest BCUT2D eigenvalue weighted by Gasteiger charge is -2.36. The van der Waals surface area contributed by atoms with E-state index in [9.17, 15) is 9.59 Å². The first-order valence-corrected chi connectivity index (χ1v) is 9.93. The number of piperidine rings is 1. The van der Waals surface area contributed by atoms with Gasteiger partial charge in [-0.2, -0.15) is 0 Å². The lowest BCUT2D eigenvalue weighted by atomic mass is 10.00. The molecule has 1 N–H and O–H groups in total. The minimum Gasteiger partial charge on any atom is -0.462 e. The number of amides is 1. The van der Waals surface area contributed by atoms with Gasteiger partial charge in [0, 0.05) is 24.5 Å². The second kappa shape index (κ2) is 9.35. The predicted molar refractivity (Wildman–Crippen MR) is 110 cm³/mol. The summed E-state index contributed by atoms with van der Waals surface area (Å²) in [5.41, 5.74) is 1.57. The van der Waals surface area contributed by atoms with E-state index in [4.69, 9.17) is 4.74 Å². The third-order valence-corrected chi connectivity index (χ3v) is 5.06. The topological polar surface area (TPSA) is 71.5 Å². The Morgan fingerprint density at radius 1 is 1.11 bits per heavy atom. The third kappa shape index (κ3) is 4.68. The van der Waals surface area contributed by atoms with Crippen molar-refractivity contribution in [3.05, 3.63) is 53.7 Å². The number of aromatic nitrogens is 1. The standard InChI is InChI=1S/C22H27N3O3/c1-3-19-7-5-6-14-25(19)20-13-10-17(15-23-20)21(26)24-18-11-8-16(9-12-18)22(27)28-4-2/h8-13,15,19H,3-7,14H2,1-2H3,(H,24,26). The van der Waals surface area contributed by atoms with Crippen LogP contribution in [-0.2, 0) is 4.74 Å². The van der Waals surface area contributed by atoms with Gasteiger partial charge in [-0.05, 0) is 69.0 Å². The van der Waals surface area contributed by atoms with Gasteiger partial charge in [0.05, 0.1) is 17.7 Å². The van der Waals surface area contributed by atoms with Crippen molar-refractivity contribution in [1.29, 1.82) is 0 Å². The van der Waals surface area contributed by atoms with Crippen LogP contribution in [0.3, 0.4) is 0 Å². The molecule has 1 atom stereocenters. The summed E-state index contributed by atoms with van der Waals surface area (Å²) >= 11 is 0. The SMILES string of the molecule is CCOC(=O)c1ccc(NC(=O)c2ccc(N3CCCCC3CC)nc2)cc1. The van der Waals surface area contributed by atoms with E-state index in [1.54, 1.807) is 37.4 Å². The van der Waals surface area contributed by atoms with Crippen molar-refractivity contribution in [2.75, 3.05) is 23.4 Å². The number of anilines is 2. The number of esters is 1. The fourth-order valence-electron chi connectivity index (χ4n) is 3.52. The number of carbonyl (C=O) groups excluding carboxylic acids is 2. The Morgan fingerprint density at radius 2 is 1.86 bits per heavy atom. The van der Waals surface area contributed by atoms with E-state index in [-0.39, 0.29) is 11.9 Å². The van der Waals surface area contributed by atoms with Crippen LogP contribution in [-0.4, -0.2) is 36.1 Å². The van der Waals surface area contributed by atoms with E-state index in [2.05, 4.69) is 22.1 Å². The summed E-state index contributed by atoms with van der Waals surface area (Å²) in [6.45, 7) is 5.32. The average Bonchev–Trinajstić information content (AvgIpc) is 2.74. The minimum atomic E-state index is -0.372. The zero-order chi connectivity index (χ0) is 19.9. The molecule has 0 saturated carbocycles. The van der Waals surface area contributed by atoms with Gasteiger partial charge in [-0.3, -0.25) is 4.79 Å². The quantitative estimate of drug-likeness (QED) is 0.756. The molecule has 1 aliphatic rings. The van der Waals surface area contributed by atoms with Crippen molar-refractivity contribution in [3.8, 4) is 0 Å². The maximum absolute atomic E-state index is 12.5. The van der Waals surface area contributed by atoms with Gasteiger partial charge >= 0.3 is 5.97 Å². The summed E-state index contributed by atoms with van der Waals surface area (Å²) in [5, 5.41) is 2.83. The van der Waals surface area contributed by atoms with Gasteiger partial charge in [-0.1, -0.05) is 6.92 Å². The molecule has 0 spiro atoms. The van der Waals surface area contributed by atoms with Crippen molar-refractivity contribution in [2.45, 2.75) is 45.6 Å². The lowest BCUT2D eigenvalue weighted by molar-refractivity contribution is 0.0526. The maximum atomic E-state index is 12.5. The van der Waals surface area contributed by atoms with Crippen LogP contribution >= 0.6 is 0 Å². The molecule has 1 fully saturated rings. The molecule has 1 aromatic heterocycles. The van der Waals surface area contributed by atoms with Gasteiger partial charge in [0.15, 0.2) is 0 Å². The van der Waals surface area contributed by atoms with Crippen molar-refractivity contribution in [1.82, 2.24) is 4.98 Å². The number of nitrogens with one attached hydrogen (secondary N) is 1. The van der Waals surface area contributed by atoms with Crippen LogP contribution in [0.25, 0.3) is 0 Å². The highest BCUT2D eigenvalue weighted by Gasteiger charge is 2.22. The maximum Gasteiger partial charge on any atom is 0.338 e. The monoisotopic (exact) mass is 381 g/mol. The first-order valence-electron chi connectivity index (χ1n) is 9.93. The summed E-state index contributed by atoms with van der Waals surface area (Å²) in [5.74, 6) is 0.332. The van der Waals surface area contributed by atoms with E-state index in [0.29, 0.717) is 29.5 Å². The molecule has 1 unspecified atom stereocenters. The molecule has 1 saturated heterocycles. The molecular weight excluding hydrogens is 354 g/mol. The number of hydrogen-bond donors (Lipinski definition) is 1. The summed E-state index contributed by atoms with van der Waals surface area (Å²) in [4.78, 5) is 31.0. The Bertz CT molecular complexity index is 803. The number of carbonyl (C=O) groups is 2. The summed E-state index contributed by atoms with van der Waals surface area (Å²) in [7, 11) is 0. The molecule has 1 aliphatic heterocycles. The molecule has 1 aromatic carbocycles. The van der Waals surface area contributed by atoms with E-state index in [1.165, 1.54) is 19.3 Å². The number of benzene rings is 1. The molecule has 2 heterocycles. The molecule has 28 heavy (non-hydrogen) atoms. The van der Waals surface area contributed by atoms with Gasteiger partial charge in [-0.15, -0.1) is 0 Å². The van der Waals surface area contributed by atoms with Crippen molar-refractivity contribution >= 4 is 23.4 Å². The Hall–Kier alpha value is -2.89. The van der Waals surface area contributed by atoms with Crippen LogP contribution < -0.4 is 10.2 Å². The van der Waals surface area contributed by atoms with Crippen LogP contribution in [0.2, 0.25) is 0 Å². The fraction of sp³-hybridized carbons (Fsp3) is 0.409. The van der Waals surface area contributed by atoms with Gasteiger partial charge in [0.2, 0.25) is 0 Å². The highest BCUT2D eigenvalue weighted by Crippen LogP contribution is 2.25. The second-order valence-electron chi connectivity index (χ2n) is 6.91. The van der Waals surface area contributed by atoms with Crippen molar-refractivity contribution in [2.24, 2.45) is 0 Å². The van der Waals surface area contributed by atoms with Gasteiger partial charge in [0.25, 0.3) is 5.91 Å². The Balaban J connectivity index is 1.64. The molecule has 6 heteroatoms. The normalized spacial score (nSPS) is 16.5. The first kappa shape index (κ1) is 19.9. The Labute approximate surface area is 165 Å². The zero-order valence-corrected chi connectivity index (χ0v) is 16.5. The van der Waals surface area contributed by atoms with Gasteiger partial charge in [0.1, 0.15) is 5.82 Å². The smallest absolute Gasteiger partial charge is 0.338 e. The zero-order valence-electron chi connectivity index (χ0n) is 16.5. The van der Waals surface area contributed by atoms with Crippen LogP contribution in [0.5, 0.6) is 0 Å². The predicted octanol–water partition coefficient (Wildman–Crippen LogP) is 4.28. The molecule has 6 nitrogen and oxygen atoms in total. The summed E-state index contributed by atoms with van der Waals surface area (Å²) < 4.78 is 4.96. The number of rotatable bonds is 6. The highest BCUT2D eigenvalue weighted by atomic mass is 16.5. The third-order valence-electron chi connectivity index (χ3n) is 5.06. The first-order chi connectivity index (χ1) is 13.6. The fourth-order valence-corrected chi connectivity index (χ4v) is 3.52. The summed E-state index contributed by atoms with van der Waals surface area (Å²) in [6.07, 6.45) is 6.37. The van der Waals surface area contributed by atoms with E-state index in [1.807, 2.05) is 12.1 Å². The molecule has 2 aromatic rings. The van der Waals surface area contributed by atoms with E-state index < -0.39 is 0 Å². The minimum absolute atomic E-state index is 0.228. The Morgan fingerprint density at radius 3 is 2.50 bits per heavy atom. The van der Waals surface area contributed by atoms with Crippen molar-refractivity contribution < 1.29 is 14.3 Å². The average molecular weight is 381 g/mol. The number of pyridine rings is 1. The molecule has 1 amide bonds. The van der Waals surface area contributed by atoms with Gasteiger partial charge < -0.3 is 15.0 Å². The number of nitrogens with zero attached hydrogens (tertiary/aromatic N) is 2. The highest BCUT2D eigenvalue weighted by molar-refractivity contribution is 6.04. The molecular formula is C22H27N3O3. The summed E-state index contributed by atoms with van der Waals surface area (Å²) in [6, 6.07) is 10.9. The molecule has 0 bridgehead atoms. The van der Waals surface area contributed by atoms with Crippen LogP contribution in [0.15, 0.2) is 42.6 Å². The molecule has 148 valence electrons. The van der Waals surface area contributed by atoms with E-state index in [0.717, 1.165) is 18.8 Å². The van der Waals surface area contributed by atoms with Crippen LogP contribution in [0, 0.1) is 0 Å². The largest absolute Gasteiger partial charge is 0.462 e. The van der Waals surface area contributed by atoms with E-state index >= 15 is 0 Å². The van der Waals surface area contributed by atoms with Gasteiger partial charge in [-0.25, -0.2) is 9.78 Å². The second-order valence-corrected chi connectivity index (χ2v) is 6.91. The van der Waals surface area contributed by atoms with Crippen molar-refractivity contribution in [3.63, 3.8) is 0 Å². The lowest BCUT2D eigenvalue weighted by Crippen LogP contribution is -2.39. The number of ether oxygens (including phenoxy) is 1. The molecule has 0 aliphatic carbocycles. The number of hydrogen-bond acceptors (Lipinski definition) is 5. The van der Waals surface area contributed by atoms with Crippen LogP contribution in [0.1, 0.15) is 60.2 Å².